The summed E-state index contributed by atoms with van der Waals surface area (Å²) in [6.45, 7) is 4.45. The van der Waals surface area contributed by atoms with Crippen molar-refractivity contribution in [3.05, 3.63) is 72.0 Å². The molecule has 0 radical (unpaired) electrons. The smallest absolute Gasteiger partial charge is 0.237 e. The van der Waals surface area contributed by atoms with Gasteiger partial charge in [0.25, 0.3) is 0 Å². The molecule has 0 spiro atoms. The summed E-state index contributed by atoms with van der Waals surface area (Å²) in [5.74, 6) is -0.0147. The molecule has 2 atom stereocenters. The van der Waals surface area contributed by atoms with Gasteiger partial charge >= 0.3 is 0 Å². The highest BCUT2D eigenvalue weighted by Crippen LogP contribution is 2.20. The second-order valence-electron chi connectivity index (χ2n) is 6.00. The molecule has 2 N–H and O–H groups in total. The van der Waals surface area contributed by atoms with Crippen LogP contribution in [-0.4, -0.2) is 11.9 Å². The molecule has 4 heteroatoms. The van der Waals surface area contributed by atoms with Crippen LogP contribution in [0.2, 0.25) is 0 Å². The van der Waals surface area contributed by atoms with E-state index in [1.807, 2.05) is 68.4 Å². The van der Waals surface area contributed by atoms with Gasteiger partial charge in [-0.2, -0.15) is 0 Å². The van der Waals surface area contributed by atoms with Gasteiger partial charge in [0.2, 0.25) is 5.91 Å². The maximum atomic E-state index is 12.4. The highest BCUT2D eigenvalue weighted by atomic mass is 16.3. The summed E-state index contributed by atoms with van der Waals surface area (Å²) in [6, 6.07) is 17.5. The minimum absolute atomic E-state index is 0.0147. The number of carbonyl (C=O) groups excluding carboxylic acids is 1. The Hall–Kier alpha value is -2.59. The van der Waals surface area contributed by atoms with Crippen molar-refractivity contribution in [3.63, 3.8) is 0 Å². The third-order valence-electron chi connectivity index (χ3n) is 4.21. The van der Waals surface area contributed by atoms with Crippen LogP contribution in [0.5, 0.6) is 0 Å². The first-order chi connectivity index (χ1) is 11.6. The van der Waals surface area contributed by atoms with E-state index in [0.717, 1.165) is 22.1 Å². The van der Waals surface area contributed by atoms with E-state index < -0.39 is 0 Å². The molecule has 0 aliphatic heterocycles. The maximum absolute atomic E-state index is 12.4. The molecular weight excluding hydrogens is 300 g/mol. The second kappa shape index (κ2) is 7.32. The first kappa shape index (κ1) is 16.3. The van der Waals surface area contributed by atoms with Crippen molar-refractivity contribution in [1.82, 2.24) is 10.6 Å². The molecule has 0 aliphatic rings. The van der Waals surface area contributed by atoms with Crippen molar-refractivity contribution in [2.75, 3.05) is 0 Å². The maximum Gasteiger partial charge on any atom is 0.237 e. The number of carbonyl (C=O) groups is 1. The van der Waals surface area contributed by atoms with Gasteiger partial charge in [0.1, 0.15) is 5.58 Å². The first-order valence-electron chi connectivity index (χ1n) is 8.19. The highest BCUT2D eigenvalue weighted by molar-refractivity contribution is 5.82. The molecular formula is C20H22N2O2. The van der Waals surface area contributed by atoms with Crippen molar-refractivity contribution >= 4 is 16.9 Å². The topological polar surface area (TPSA) is 54.3 Å². The van der Waals surface area contributed by atoms with Crippen LogP contribution in [0.1, 0.15) is 31.0 Å². The Morgan fingerprint density at radius 3 is 2.54 bits per heavy atom. The molecule has 124 valence electrons. The van der Waals surface area contributed by atoms with Crippen molar-refractivity contribution in [3.8, 4) is 0 Å². The Morgan fingerprint density at radius 2 is 1.75 bits per heavy atom. The van der Waals surface area contributed by atoms with Crippen molar-refractivity contribution in [2.45, 2.75) is 32.5 Å². The van der Waals surface area contributed by atoms with E-state index in [4.69, 9.17) is 4.42 Å². The van der Waals surface area contributed by atoms with Gasteiger partial charge < -0.3 is 15.1 Å². The number of para-hydroxylation sites is 1. The molecule has 3 rings (SSSR count). The van der Waals surface area contributed by atoms with Gasteiger partial charge in [0, 0.05) is 17.5 Å². The summed E-state index contributed by atoms with van der Waals surface area (Å²) in [7, 11) is 0. The van der Waals surface area contributed by atoms with Crippen LogP contribution in [0.15, 0.2) is 65.3 Å². The summed E-state index contributed by atoms with van der Waals surface area (Å²) in [5, 5.41) is 7.38. The summed E-state index contributed by atoms with van der Waals surface area (Å²) < 4.78 is 5.52. The van der Waals surface area contributed by atoms with Crippen LogP contribution in [0.3, 0.4) is 0 Å². The van der Waals surface area contributed by atoms with E-state index in [1.165, 1.54) is 0 Å². The average molecular weight is 322 g/mol. The van der Waals surface area contributed by atoms with E-state index in [9.17, 15) is 4.79 Å². The largest absolute Gasteiger partial charge is 0.464 e. The van der Waals surface area contributed by atoms with E-state index in [1.54, 1.807) is 6.26 Å². The van der Waals surface area contributed by atoms with Gasteiger partial charge in [0.15, 0.2) is 0 Å². The van der Waals surface area contributed by atoms with Crippen LogP contribution >= 0.6 is 0 Å². The standard InChI is InChI=1S/C20H22N2O2/c1-14(16-8-4-3-5-9-16)22-20(23)15(2)21-12-17-13-24-19-11-7-6-10-18(17)19/h3-11,13-15,21H,12H2,1-2H3,(H,22,23). The Morgan fingerprint density at radius 1 is 1.04 bits per heavy atom. The number of hydrogen-bond donors (Lipinski definition) is 2. The van der Waals surface area contributed by atoms with Gasteiger partial charge in [0.05, 0.1) is 18.3 Å². The SMILES string of the molecule is CC(NCc1coc2ccccc12)C(=O)NC(C)c1ccccc1. The fourth-order valence-electron chi connectivity index (χ4n) is 2.69. The minimum Gasteiger partial charge on any atom is -0.464 e. The molecule has 0 saturated heterocycles. The van der Waals surface area contributed by atoms with Gasteiger partial charge in [-0.05, 0) is 25.5 Å². The predicted octanol–water partition coefficient (Wildman–Crippen LogP) is 3.79. The van der Waals surface area contributed by atoms with Gasteiger partial charge in [-0.15, -0.1) is 0 Å². The van der Waals surface area contributed by atoms with Crippen molar-refractivity contribution in [2.24, 2.45) is 0 Å². The normalized spacial score (nSPS) is 13.6. The average Bonchev–Trinajstić information content (AvgIpc) is 3.03. The van der Waals surface area contributed by atoms with Crippen LogP contribution in [0.25, 0.3) is 11.0 Å². The first-order valence-corrected chi connectivity index (χ1v) is 8.19. The second-order valence-corrected chi connectivity index (χ2v) is 6.00. The van der Waals surface area contributed by atoms with E-state index >= 15 is 0 Å². The predicted molar refractivity (Wildman–Crippen MR) is 95.5 cm³/mol. The third kappa shape index (κ3) is 3.66. The number of amides is 1. The zero-order valence-electron chi connectivity index (χ0n) is 14.0. The van der Waals surface area contributed by atoms with Crippen LogP contribution in [0, 0.1) is 0 Å². The number of benzene rings is 2. The molecule has 0 saturated carbocycles. The molecule has 4 nitrogen and oxygen atoms in total. The Balaban J connectivity index is 1.56. The monoisotopic (exact) mass is 322 g/mol. The zero-order chi connectivity index (χ0) is 16.9. The summed E-state index contributed by atoms with van der Waals surface area (Å²) in [6.07, 6.45) is 1.74. The molecule has 0 fully saturated rings. The molecule has 2 aromatic carbocycles. The lowest BCUT2D eigenvalue weighted by Gasteiger charge is -2.18. The van der Waals surface area contributed by atoms with E-state index in [-0.39, 0.29) is 18.0 Å². The number of rotatable bonds is 6. The van der Waals surface area contributed by atoms with Gasteiger partial charge in [-0.3, -0.25) is 4.79 Å². The fourth-order valence-corrected chi connectivity index (χ4v) is 2.69. The minimum atomic E-state index is -0.287. The Kier molecular flexibility index (Phi) is 4.96. The molecule has 1 amide bonds. The molecule has 0 bridgehead atoms. The van der Waals surface area contributed by atoms with Crippen molar-refractivity contribution in [1.29, 1.82) is 0 Å². The molecule has 0 aliphatic carbocycles. The molecule has 1 aromatic heterocycles. The van der Waals surface area contributed by atoms with Gasteiger partial charge in [-0.1, -0.05) is 48.5 Å². The summed E-state index contributed by atoms with van der Waals surface area (Å²) in [5.41, 5.74) is 3.02. The molecule has 24 heavy (non-hydrogen) atoms. The number of nitrogens with one attached hydrogen (secondary N) is 2. The Bertz CT molecular complexity index is 811. The third-order valence-corrected chi connectivity index (χ3v) is 4.21. The number of furan rings is 1. The lowest BCUT2D eigenvalue weighted by molar-refractivity contribution is -0.123. The number of fused-ring (bicyclic) bond motifs is 1. The van der Waals surface area contributed by atoms with Crippen molar-refractivity contribution < 1.29 is 9.21 Å². The molecule has 2 unspecified atom stereocenters. The summed E-state index contributed by atoms with van der Waals surface area (Å²) >= 11 is 0. The molecule has 1 heterocycles. The lowest BCUT2D eigenvalue weighted by Crippen LogP contribution is -2.42. The quantitative estimate of drug-likeness (QED) is 0.726. The van der Waals surface area contributed by atoms with E-state index in [2.05, 4.69) is 10.6 Å². The lowest BCUT2D eigenvalue weighted by atomic mass is 10.1. The highest BCUT2D eigenvalue weighted by Gasteiger charge is 2.16. The van der Waals surface area contributed by atoms with E-state index in [0.29, 0.717) is 6.54 Å². The summed E-state index contributed by atoms with van der Waals surface area (Å²) in [4.78, 5) is 12.4. The zero-order valence-corrected chi connectivity index (χ0v) is 14.0. The Labute approximate surface area is 141 Å². The van der Waals surface area contributed by atoms with Crippen LogP contribution in [-0.2, 0) is 11.3 Å². The van der Waals surface area contributed by atoms with Crippen LogP contribution in [0.4, 0.5) is 0 Å². The fraction of sp³-hybridized carbons (Fsp3) is 0.250. The molecule has 3 aromatic rings. The van der Waals surface area contributed by atoms with Crippen LogP contribution < -0.4 is 10.6 Å². The van der Waals surface area contributed by atoms with Gasteiger partial charge in [-0.25, -0.2) is 0 Å². The number of hydrogen-bond acceptors (Lipinski definition) is 3.